The van der Waals surface area contributed by atoms with Crippen molar-refractivity contribution in [2.45, 2.75) is 25.7 Å². The molecule has 1 aromatic heterocycles. The van der Waals surface area contributed by atoms with Gasteiger partial charge >= 0.3 is 0 Å². The summed E-state index contributed by atoms with van der Waals surface area (Å²) in [5, 5.41) is 11.4. The topological polar surface area (TPSA) is 69.0 Å². The molecular formula is C20H19BrN4O2. The Morgan fingerprint density at radius 3 is 2.74 bits per heavy atom. The van der Waals surface area contributed by atoms with Crippen LogP contribution in [-0.2, 0) is 0 Å². The molecule has 1 fully saturated rings. The molecule has 0 aliphatic heterocycles. The summed E-state index contributed by atoms with van der Waals surface area (Å²) >= 11 is 3.44. The Hall–Kier alpha value is -2.67. The number of ether oxygens (including phenoxy) is 1. The van der Waals surface area contributed by atoms with E-state index in [4.69, 9.17) is 4.74 Å². The Morgan fingerprint density at radius 1 is 1.26 bits per heavy atom. The van der Waals surface area contributed by atoms with Gasteiger partial charge in [-0.1, -0.05) is 27.2 Å². The zero-order valence-corrected chi connectivity index (χ0v) is 16.4. The molecule has 0 saturated heterocycles. The summed E-state index contributed by atoms with van der Waals surface area (Å²) in [6.07, 6.45) is 2.09. The minimum Gasteiger partial charge on any atom is -0.494 e. The van der Waals surface area contributed by atoms with Crippen molar-refractivity contribution in [1.82, 2.24) is 15.0 Å². The van der Waals surface area contributed by atoms with E-state index in [1.807, 2.05) is 49.4 Å². The minimum absolute atomic E-state index is 0.256. The van der Waals surface area contributed by atoms with Crippen molar-refractivity contribution in [2.75, 3.05) is 11.9 Å². The molecular weight excluding hydrogens is 408 g/mol. The van der Waals surface area contributed by atoms with Crippen LogP contribution in [0.1, 0.15) is 41.9 Å². The van der Waals surface area contributed by atoms with Crippen LogP contribution >= 0.6 is 15.9 Å². The summed E-state index contributed by atoms with van der Waals surface area (Å²) in [7, 11) is 0. The summed E-state index contributed by atoms with van der Waals surface area (Å²) in [5.74, 6) is 0.782. The SMILES string of the molecule is CCOc1cccc(NC(=O)c2nnn(-c3ccc(Br)cc3)c2C2CC2)c1. The smallest absolute Gasteiger partial charge is 0.278 e. The first-order chi connectivity index (χ1) is 13.2. The predicted molar refractivity (Wildman–Crippen MR) is 107 cm³/mol. The van der Waals surface area contributed by atoms with Crippen molar-refractivity contribution < 1.29 is 9.53 Å². The van der Waals surface area contributed by atoms with E-state index < -0.39 is 0 Å². The molecule has 1 amide bonds. The highest BCUT2D eigenvalue weighted by Crippen LogP contribution is 2.42. The van der Waals surface area contributed by atoms with Gasteiger partial charge in [0.25, 0.3) is 5.91 Å². The van der Waals surface area contributed by atoms with Gasteiger partial charge in [0.2, 0.25) is 0 Å². The van der Waals surface area contributed by atoms with E-state index in [1.54, 1.807) is 10.7 Å². The van der Waals surface area contributed by atoms with Crippen LogP contribution in [0.15, 0.2) is 53.0 Å². The highest BCUT2D eigenvalue weighted by molar-refractivity contribution is 9.10. The summed E-state index contributed by atoms with van der Waals surface area (Å²) in [5.41, 5.74) is 2.81. The standard InChI is InChI=1S/C20H19BrN4O2/c1-2-27-17-5-3-4-15(12-17)22-20(26)18-19(13-6-7-13)25(24-23-18)16-10-8-14(21)9-11-16/h3-5,8-13H,2,6-7H2,1H3,(H,22,26). The molecule has 1 aliphatic carbocycles. The fraction of sp³-hybridized carbons (Fsp3) is 0.250. The molecule has 7 heteroatoms. The van der Waals surface area contributed by atoms with Gasteiger partial charge in [-0.25, -0.2) is 4.68 Å². The highest BCUT2D eigenvalue weighted by atomic mass is 79.9. The molecule has 6 nitrogen and oxygen atoms in total. The lowest BCUT2D eigenvalue weighted by Crippen LogP contribution is -2.15. The Balaban J connectivity index is 1.62. The fourth-order valence-corrected chi connectivity index (χ4v) is 3.23. The van der Waals surface area contributed by atoms with E-state index in [2.05, 4.69) is 31.6 Å². The molecule has 0 radical (unpaired) electrons. The van der Waals surface area contributed by atoms with Crippen molar-refractivity contribution in [2.24, 2.45) is 0 Å². The van der Waals surface area contributed by atoms with Gasteiger partial charge in [0.15, 0.2) is 5.69 Å². The van der Waals surface area contributed by atoms with E-state index in [1.165, 1.54) is 0 Å². The molecule has 0 atom stereocenters. The number of nitrogens with one attached hydrogen (secondary N) is 1. The third kappa shape index (κ3) is 3.88. The molecule has 2 aromatic carbocycles. The van der Waals surface area contributed by atoms with Crippen molar-refractivity contribution >= 4 is 27.5 Å². The molecule has 138 valence electrons. The van der Waals surface area contributed by atoms with Crippen LogP contribution in [0, 0.1) is 0 Å². The Kier molecular flexibility index (Phi) is 4.94. The molecule has 1 N–H and O–H groups in total. The third-order valence-electron chi connectivity index (χ3n) is 4.36. The van der Waals surface area contributed by atoms with Gasteiger partial charge in [-0.05, 0) is 56.2 Å². The third-order valence-corrected chi connectivity index (χ3v) is 4.89. The van der Waals surface area contributed by atoms with Crippen LogP contribution in [0.4, 0.5) is 5.69 Å². The molecule has 1 aliphatic rings. The number of carbonyl (C=O) groups excluding carboxylic acids is 1. The lowest BCUT2D eigenvalue weighted by molar-refractivity contribution is 0.102. The average molecular weight is 427 g/mol. The molecule has 4 rings (SSSR count). The Labute approximate surface area is 165 Å². The van der Waals surface area contributed by atoms with Gasteiger partial charge in [-0.15, -0.1) is 5.10 Å². The zero-order chi connectivity index (χ0) is 18.8. The lowest BCUT2D eigenvalue weighted by Gasteiger charge is -2.09. The minimum atomic E-state index is -0.256. The first kappa shape index (κ1) is 17.7. The molecule has 3 aromatic rings. The maximum atomic E-state index is 12.9. The summed E-state index contributed by atoms with van der Waals surface area (Å²) < 4.78 is 8.26. The quantitative estimate of drug-likeness (QED) is 0.627. The lowest BCUT2D eigenvalue weighted by atomic mass is 10.2. The number of hydrogen-bond acceptors (Lipinski definition) is 4. The molecule has 27 heavy (non-hydrogen) atoms. The largest absolute Gasteiger partial charge is 0.494 e. The van der Waals surface area contributed by atoms with Gasteiger partial charge in [-0.2, -0.15) is 0 Å². The van der Waals surface area contributed by atoms with E-state index in [0.29, 0.717) is 23.9 Å². The summed E-state index contributed by atoms with van der Waals surface area (Å²) in [6.45, 7) is 2.50. The van der Waals surface area contributed by atoms with Crippen LogP contribution in [0.3, 0.4) is 0 Å². The number of hydrogen-bond donors (Lipinski definition) is 1. The number of halogens is 1. The molecule has 0 spiro atoms. The number of benzene rings is 2. The second kappa shape index (κ2) is 7.52. The molecule has 0 bridgehead atoms. The Morgan fingerprint density at radius 2 is 2.04 bits per heavy atom. The van der Waals surface area contributed by atoms with Crippen molar-refractivity contribution in [1.29, 1.82) is 0 Å². The van der Waals surface area contributed by atoms with Gasteiger partial charge in [0, 0.05) is 22.1 Å². The van der Waals surface area contributed by atoms with Crippen molar-refractivity contribution in [3.63, 3.8) is 0 Å². The number of rotatable bonds is 6. The zero-order valence-electron chi connectivity index (χ0n) is 14.9. The van der Waals surface area contributed by atoms with Gasteiger partial charge in [-0.3, -0.25) is 4.79 Å². The monoisotopic (exact) mass is 426 g/mol. The Bertz CT molecular complexity index is 964. The van der Waals surface area contributed by atoms with E-state index in [-0.39, 0.29) is 5.91 Å². The number of anilines is 1. The van der Waals surface area contributed by atoms with E-state index >= 15 is 0 Å². The molecule has 1 heterocycles. The number of carbonyl (C=O) groups is 1. The number of nitrogens with zero attached hydrogens (tertiary/aromatic N) is 3. The van der Waals surface area contributed by atoms with Gasteiger partial charge < -0.3 is 10.1 Å². The van der Waals surface area contributed by atoms with Gasteiger partial charge in [0.1, 0.15) is 5.75 Å². The summed E-state index contributed by atoms with van der Waals surface area (Å²) in [6, 6.07) is 15.2. The van der Waals surface area contributed by atoms with Crippen LogP contribution in [0.2, 0.25) is 0 Å². The average Bonchev–Trinajstić information content (AvgIpc) is 3.41. The second-order valence-electron chi connectivity index (χ2n) is 6.40. The number of amides is 1. The van der Waals surface area contributed by atoms with Crippen LogP contribution in [-0.4, -0.2) is 27.5 Å². The van der Waals surface area contributed by atoms with Crippen molar-refractivity contribution in [3.05, 3.63) is 64.4 Å². The first-order valence-corrected chi connectivity index (χ1v) is 9.70. The second-order valence-corrected chi connectivity index (χ2v) is 7.32. The fourth-order valence-electron chi connectivity index (χ4n) is 2.97. The van der Waals surface area contributed by atoms with Crippen molar-refractivity contribution in [3.8, 4) is 11.4 Å². The molecule has 1 saturated carbocycles. The highest BCUT2D eigenvalue weighted by Gasteiger charge is 2.34. The van der Waals surface area contributed by atoms with Crippen LogP contribution in [0.5, 0.6) is 5.75 Å². The van der Waals surface area contributed by atoms with Crippen LogP contribution in [0.25, 0.3) is 5.69 Å². The van der Waals surface area contributed by atoms with E-state index in [9.17, 15) is 4.79 Å². The summed E-state index contributed by atoms with van der Waals surface area (Å²) in [4.78, 5) is 12.9. The predicted octanol–water partition coefficient (Wildman–Crippen LogP) is 4.56. The van der Waals surface area contributed by atoms with Gasteiger partial charge in [0.05, 0.1) is 18.0 Å². The maximum Gasteiger partial charge on any atom is 0.278 e. The first-order valence-electron chi connectivity index (χ1n) is 8.91. The number of aromatic nitrogens is 3. The maximum absolute atomic E-state index is 12.9. The normalized spacial score (nSPS) is 13.4. The van der Waals surface area contributed by atoms with Crippen LogP contribution < -0.4 is 10.1 Å². The molecule has 0 unspecified atom stereocenters. The van der Waals surface area contributed by atoms with E-state index in [0.717, 1.165) is 34.4 Å².